The minimum Gasteiger partial charge on any atom is -0.481 e. The number of unbranched alkanes of at least 4 members (excludes halogenated alkanes) is 6. The number of carboxylic acid groups (broad SMARTS) is 1. The smallest absolute Gasteiger partial charge is 0.314 e. The fraction of sp³-hybridized carbons (Fsp3) is 0.846. The summed E-state index contributed by atoms with van der Waals surface area (Å²) in [5.41, 5.74) is 0. The molecule has 5 heteroatoms. The SMILES string of the molecule is CCNC(=O)NCCCCCCCCCC(=O)O. The molecule has 0 spiro atoms. The van der Waals surface area contributed by atoms with Crippen molar-refractivity contribution in [1.29, 1.82) is 0 Å². The molecule has 0 aromatic carbocycles. The minimum absolute atomic E-state index is 0.0915. The van der Waals surface area contributed by atoms with Crippen molar-refractivity contribution >= 4 is 12.0 Å². The number of rotatable bonds is 11. The molecule has 0 bridgehead atoms. The monoisotopic (exact) mass is 258 g/mol. The summed E-state index contributed by atoms with van der Waals surface area (Å²) >= 11 is 0. The van der Waals surface area contributed by atoms with E-state index in [1.54, 1.807) is 0 Å². The van der Waals surface area contributed by atoms with Crippen LogP contribution in [0.25, 0.3) is 0 Å². The van der Waals surface area contributed by atoms with E-state index in [0.29, 0.717) is 6.54 Å². The van der Waals surface area contributed by atoms with Crippen molar-refractivity contribution in [3.63, 3.8) is 0 Å². The first-order valence-electron chi connectivity index (χ1n) is 6.90. The van der Waals surface area contributed by atoms with Gasteiger partial charge in [-0.25, -0.2) is 4.79 Å². The third-order valence-corrected chi connectivity index (χ3v) is 2.69. The summed E-state index contributed by atoms with van der Waals surface area (Å²) in [5, 5.41) is 13.9. The fourth-order valence-electron chi connectivity index (χ4n) is 1.71. The summed E-state index contributed by atoms with van der Waals surface area (Å²) in [7, 11) is 0. The largest absolute Gasteiger partial charge is 0.481 e. The van der Waals surface area contributed by atoms with Gasteiger partial charge < -0.3 is 15.7 Å². The van der Waals surface area contributed by atoms with E-state index >= 15 is 0 Å². The van der Waals surface area contributed by atoms with E-state index in [2.05, 4.69) is 10.6 Å². The Morgan fingerprint density at radius 2 is 1.44 bits per heavy atom. The van der Waals surface area contributed by atoms with Crippen molar-refractivity contribution in [1.82, 2.24) is 10.6 Å². The Morgan fingerprint density at radius 1 is 0.889 bits per heavy atom. The van der Waals surface area contributed by atoms with Crippen LogP contribution in [0.3, 0.4) is 0 Å². The van der Waals surface area contributed by atoms with Gasteiger partial charge in [0.15, 0.2) is 0 Å². The summed E-state index contributed by atoms with van der Waals surface area (Å²) in [6.07, 6.45) is 7.62. The molecule has 0 unspecified atom stereocenters. The van der Waals surface area contributed by atoms with Gasteiger partial charge in [-0.3, -0.25) is 4.79 Å². The molecule has 0 aromatic rings. The van der Waals surface area contributed by atoms with Crippen molar-refractivity contribution < 1.29 is 14.7 Å². The molecule has 5 nitrogen and oxygen atoms in total. The first-order valence-corrected chi connectivity index (χ1v) is 6.90. The first-order chi connectivity index (χ1) is 8.66. The molecule has 0 aliphatic carbocycles. The Morgan fingerprint density at radius 3 is 2.00 bits per heavy atom. The van der Waals surface area contributed by atoms with Gasteiger partial charge in [-0.2, -0.15) is 0 Å². The Labute approximate surface area is 109 Å². The van der Waals surface area contributed by atoms with Crippen LogP contribution in [0.1, 0.15) is 58.3 Å². The highest BCUT2D eigenvalue weighted by Crippen LogP contribution is 2.08. The summed E-state index contributed by atoms with van der Waals surface area (Å²) in [4.78, 5) is 21.3. The van der Waals surface area contributed by atoms with Gasteiger partial charge in [0.05, 0.1) is 0 Å². The van der Waals surface area contributed by atoms with Crippen LogP contribution < -0.4 is 10.6 Å². The molecule has 0 atom stereocenters. The first kappa shape index (κ1) is 16.7. The molecule has 3 N–H and O–H groups in total. The predicted molar refractivity (Wildman–Crippen MR) is 71.6 cm³/mol. The van der Waals surface area contributed by atoms with Crippen LogP contribution in [0, 0.1) is 0 Å². The number of carboxylic acids is 1. The van der Waals surface area contributed by atoms with E-state index in [9.17, 15) is 9.59 Å². The molecule has 0 radical (unpaired) electrons. The number of carbonyl (C=O) groups excluding carboxylic acids is 1. The maximum atomic E-state index is 11.0. The quantitative estimate of drug-likeness (QED) is 0.498. The standard InChI is InChI=1S/C13H26N2O3/c1-2-14-13(18)15-11-9-7-5-3-4-6-8-10-12(16)17/h2-11H2,1H3,(H,16,17)(H2,14,15,18). The Balaban J connectivity index is 3.07. The van der Waals surface area contributed by atoms with Crippen LogP contribution in [0.2, 0.25) is 0 Å². The van der Waals surface area contributed by atoms with Gasteiger partial charge >= 0.3 is 12.0 Å². The van der Waals surface area contributed by atoms with E-state index in [4.69, 9.17) is 5.11 Å². The highest BCUT2D eigenvalue weighted by molar-refractivity contribution is 5.73. The van der Waals surface area contributed by atoms with E-state index < -0.39 is 5.97 Å². The molecule has 0 aliphatic heterocycles. The number of urea groups is 1. The van der Waals surface area contributed by atoms with Crippen LogP contribution in [0.4, 0.5) is 4.79 Å². The molecule has 106 valence electrons. The zero-order valence-corrected chi connectivity index (χ0v) is 11.3. The minimum atomic E-state index is -0.702. The molecule has 0 aliphatic rings. The second-order valence-corrected chi connectivity index (χ2v) is 4.40. The molecule has 2 amide bonds. The van der Waals surface area contributed by atoms with E-state index in [1.165, 1.54) is 0 Å². The van der Waals surface area contributed by atoms with Gasteiger partial charge in [-0.15, -0.1) is 0 Å². The Bertz CT molecular complexity index is 232. The van der Waals surface area contributed by atoms with Crippen molar-refractivity contribution in [2.45, 2.75) is 58.3 Å². The zero-order chi connectivity index (χ0) is 13.6. The maximum Gasteiger partial charge on any atom is 0.314 e. The van der Waals surface area contributed by atoms with Crippen LogP contribution in [0.15, 0.2) is 0 Å². The van der Waals surface area contributed by atoms with Crippen LogP contribution in [0.5, 0.6) is 0 Å². The predicted octanol–water partition coefficient (Wildman–Crippen LogP) is 2.51. The summed E-state index contributed by atoms with van der Waals surface area (Å²) in [6.45, 7) is 3.27. The highest BCUT2D eigenvalue weighted by Gasteiger charge is 1.98. The lowest BCUT2D eigenvalue weighted by molar-refractivity contribution is -0.137. The third kappa shape index (κ3) is 12.8. The highest BCUT2D eigenvalue weighted by atomic mass is 16.4. The van der Waals surface area contributed by atoms with Crippen LogP contribution in [-0.4, -0.2) is 30.2 Å². The molecule has 0 saturated heterocycles. The van der Waals surface area contributed by atoms with Gasteiger partial charge in [-0.1, -0.05) is 32.1 Å². The Kier molecular flexibility index (Phi) is 11.3. The van der Waals surface area contributed by atoms with Gasteiger partial charge in [0.25, 0.3) is 0 Å². The second-order valence-electron chi connectivity index (χ2n) is 4.40. The average Bonchev–Trinajstić information content (AvgIpc) is 2.31. The number of hydrogen-bond donors (Lipinski definition) is 3. The van der Waals surface area contributed by atoms with E-state index in [1.807, 2.05) is 6.92 Å². The van der Waals surface area contributed by atoms with E-state index in [0.717, 1.165) is 51.5 Å². The number of nitrogens with one attached hydrogen (secondary N) is 2. The molecule has 0 heterocycles. The summed E-state index contributed by atoms with van der Waals surface area (Å²) in [6, 6.07) is -0.0915. The van der Waals surface area contributed by atoms with Crippen molar-refractivity contribution in [3.8, 4) is 0 Å². The molecular weight excluding hydrogens is 232 g/mol. The van der Waals surface area contributed by atoms with Crippen molar-refractivity contribution in [2.75, 3.05) is 13.1 Å². The normalized spacial score (nSPS) is 10.1. The van der Waals surface area contributed by atoms with Gasteiger partial charge in [0, 0.05) is 19.5 Å². The van der Waals surface area contributed by atoms with Gasteiger partial charge in [0.2, 0.25) is 0 Å². The molecule has 0 rings (SSSR count). The lowest BCUT2D eigenvalue weighted by Gasteiger charge is -2.05. The number of aliphatic carboxylic acids is 1. The molecule has 0 fully saturated rings. The van der Waals surface area contributed by atoms with Crippen molar-refractivity contribution in [3.05, 3.63) is 0 Å². The Hall–Kier alpha value is -1.26. The van der Waals surface area contributed by atoms with Gasteiger partial charge in [-0.05, 0) is 19.8 Å². The summed E-state index contributed by atoms with van der Waals surface area (Å²) in [5.74, 6) is -0.702. The lowest BCUT2D eigenvalue weighted by Crippen LogP contribution is -2.35. The maximum absolute atomic E-state index is 11.0. The molecule has 18 heavy (non-hydrogen) atoms. The third-order valence-electron chi connectivity index (χ3n) is 2.69. The molecule has 0 aromatic heterocycles. The van der Waals surface area contributed by atoms with Gasteiger partial charge in [0.1, 0.15) is 0 Å². The lowest BCUT2D eigenvalue weighted by atomic mass is 10.1. The van der Waals surface area contributed by atoms with Crippen molar-refractivity contribution in [2.24, 2.45) is 0 Å². The fourth-order valence-corrected chi connectivity index (χ4v) is 1.71. The molecule has 0 saturated carbocycles. The van der Waals surface area contributed by atoms with E-state index in [-0.39, 0.29) is 12.5 Å². The van der Waals surface area contributed by atoms with Crippen LogP contribution in [-0.2, 0) is 4.79 Å². The number of hydrogen-bond acceptors (Lipinski definition) is 2. The second kappa shape index (κ2) is 12.2. The number of carbonyl (C=O) groups is 2. The zero-order valence-electron chi connectivity index (χ0n) is 11.3. The number of amides is 2. The molecular formula is C13H26N2O3. The average molecular weight is 258 g/mol. The van der Waals surface area contributed by atoms with Crippen LogP contribution >= 0.6 is 0 Å². The topological polar surface area (TPSA) is 78.4 Å². The summed E-state index contributed by atoms with van der Waals surface area (Å²) < 4.78 is 0.